The molecule has 0 saturated carbocycles. The van der Waals surface area contributed by atoms with Crippen LogP contribution in [0.5, 0.6) is 0 Å². The number of esters is 1. The van der Waals surface area contributed by atoms with Crippen molar-refractivity contribution in [1.82, 2.24) is 4.67 Å². The Morgan fingerprint density at radius 3 is 2.48 bits per heavy atom. The number of aliphatic hydroxyl groups is 1. The van der Waals surface area contributed by atoms with Gasteiger partial charge in [-0.15, -0.1) is 0 Å². The molecule has 7 nitrogen and oxygen atoms in total. The van der Waals surface area contributed by atoms with Crippen molar-refractivity contribution in [3.8, 4) is 0 Å². The molecule has 21 heavy (non-hydrogen) atoms. The molecule has 1 heterocycles. The lowest BCUT2D eigenvalue weighted by Crippen LogP contribution is -2.25. The molecular formula is C13H22NO6P. The Labute approximate surface area is 124 Å². The molecule has 1 aliphatic heterocycles. The molecule has 0 amide bonds. The van der Waals surface area contributed by atoms with Gasteiger partial charge in [-0.1, -0.05) is 6.08 Å². The summed E-state index contributed by atoms with van der Waals surface area (Å²) in [6, 6.07) is -0.635. The molecule has 0 radical (unpaired) electrons. The van der Waals surface area contributed by atoms with Gasteiger partial charge in [-0.3, -0.25) is 9.05 Å². The lowest BCUT2D eigenvalue weighted by atomic mass is 9.97. The second-order valence-corrected chi connectivity index (χ2v) is 6.76. The van der Waals surface area contributed by atoms with Gasteiger partial charge in [0.25, 0.3) is 0 Å². The number of nitrogens with zero attached hydrogens (tertiary/aromatic N) is 1. The molecule has 0 aromatic rings. The summed E-state index contributed by atoms with van der Waals surface area (Å²) in [5, 5.41) is 10.2. The first-order chi connectivity index (χ1) is 9.98. The fourth-order valence-corrected chi connectivity index (χ4v) is 4.73. The minimum absolute atomic E-state index is 0.189. The SMILES string of the molecule is CCOC(=O)C1=CC2C(C(O)C1)N2P(=O)(OCC)OCC. The van der Waals surface area contributed by atoms with Crippen LogP contribution in [0.2, 0.25) is 0 Å². The summed E-state index contributed by atoms with van der Waals surface area (Å²) in [6.07, 6.45) is 1.10. The van der Waals surface area contributed by atoms with Crippen LogP contribution in [0.25, 0.3) is 0 Å². The van der Waals surface area contributed by atoms with Crippen molar-refractivity contribution in [3.63, 3.8) is 0 Å². The molecule has 0 aromatic carbocycles. The van der Waals surface area contributed by atoms with Gasteiger partial charge in [0, 0.05) is 12.0 Å². The van der Waals surface area contributed by atoms with Crippen LogP contribution in [0, 0.1) is 0 Å². The third kappa shape index (κ3) is 3.22. The number of carbonyl (C=O) groups is 1. The molecule has 1 saturated heterocycles. The van der Waals surface area contributed by atoms with Gasteiger partial charge < -0.3 is 9.84 Å². The number of hydrogen-bond acceptors (Lipinski definition) is 6. The molecule has 0 spiro atoms. The molecule has 4 atom stereocenters. The number of rotatable bonds is 7. The van der Waals surface area contributed by atoms with Gasteiger partial charge in [-0.2, -0.15) is 4.67 Å². The summed E-state index contributed by atoms with van der Waals surface area (Å²) in [6.45, 7) is 5.96. The normalized spacial score (nSPS) is 31.3. The van der Waals surface area contributed by atoms with Crippen molar-refractivity contribution in [1.29, 1.82) is 0 Å². The van der Waals surface area contributed by atoms with Crippen LogP contribution < -0.4 is 0 Å². The Bertz CT molecular complexity index is 469. The zero-order valence-corrected chi connectivity index (χ0v) is 13.4. The van der Waals surface area contributed by atoms with Crippen molar-refractivity contribution < 1.29 is 28.3 Å². The summed E-state index contributed by atoms with van der Waals surface area (Å²) < 4.78 is 29.7. The highest BCUT2D eigenvalue weighted by molar-refractivity contribution is 7.51. The van der Waals surface area contributed by atoms with Crippen molar-refractivity contribution >= 4 is 13.7 Å². The van der Waals surface area contributed by atoms with E-state index in [1.54, 1.807) is 26.8 Å². The molecule has 0 aromatic heterocycles. The lowest BCUT2D eigenvalue weighted by molar-refractivity contribution is -0.139. The van der Waals surface area contributed by atoms with E-state index in [1.807, 2.05) is 0 Å². The van der Waals surface area contributed by atoms with Crippen molar-refractivity contribution in [3.05, 3.63) is 11.6 Å². The number of ether oxygens (including phenoxy) is 1. The topological polar surface area (TPSA) is 85.1 Å². The Morgan fingerprint density at radius 2 is 1.95 bits per heavy atom. The highest BCUT2D eigenvalue weighted by atomic mass is 31.2. The van der Waals surface area contributed by atoms with Crippen LogP contribution in [0.3, 0.4) is 0 Å². The van der Waals surface area contributed by atoms with Crippen molar-refractivity contribution in [2.45, 2.75) is 45.4 Å². The first kappa shape index (κ1) is 16.6. The molecule has 8 heteroatoms. The predicted octanol–water partition coefficient (Wildman–Crippen LogP) is 1.47. The monoisotopic (exact) mass is 319 g/mol. The van der Waals surface area contributed by atoms with Crippen molar-refractivity contribution in [2.24, 2.45) is 0 Å². The quantitative estimate of drug-likeness (QED) is 0.432. The van der Waals surface area contributed by atoms with Crippen LogP contribution in [0.15, 0.2) is 11.6 Å². The van der Waals surface area contributed by atoms with Gasteiger partial charge in [-0.25, -0.2) is 9.36 Å². The summed E-state index contributed by atoms with van der Waals surface area (Å²) in [7, 11) is -3.42. The number of hydrogen-bond donors (Lipinski definition) is 1. The fourth-order valence-electron chi connectivity index (χ4n) is 2.65. The van der Waals surface area contributed by atoms with E-state index in [4.69, 9.17) is 13.8 Å². The molecule has 1 N–H and O–H groups in total. The maximum atomic E-state index is 12.7. The highest BCUT2D eigenvalue weighted by Gasteiger charge is 2.62. The van der Waals surface area contributed by atoms with Crippen molar-refractivity contribution in [2.75, 3.05) is 19.8 Å². The molecule has 0 bridgehead atoms. The molecule has 1 fully saturated rings. The minimum atomic E-state index is -3.42. The second kappa shape index (κ2) is 6.58. The largest absolute Gasteiger partial charge is 0.463 e. The van der Waals surface area contributed by atoms with Gasteiger partial charge in [0.1, 0.15) is 0 Å². The number of aliphatic hydroxyl groups excluding tert-OH is 1. The number of fused-ring (bicyclic) bond motifs is 1. The molecule has 1 aliphatic carbocycles. The van der Waals surface area contributed by atoms with Crippen LogP contribution >= 0.6 is 7.75 Å². The van der Waals surface area contributed by atoms with Crippen LogP contribution in [0.1, 0.15) is 27.2 Å². The molecule has 2 rings (SSSR count). The van der Waals surface area contributed by atoms with E-state index in [0.717, 1.165) is 0 Å². The average Bonchev–Trinajstić information content (AvgIpc) is 3.15. The minimum Gasteiger partial charge on any atom is -0.463 e. The van der Waals surface area contributed by atoms with Gasteiger partial charge in [0.15, 0.2) is 0 Å². The summed E-state index contributed by atoms with van der Waals surface area (Å²) in [5.41, 5.74) is 0.410. The van der Waals surface area contributed by atoms with E-state index in [9.17, 15) is 14.5 Å². The maximum absolute atomic E-state index is 12.7. The van der Waals surface area contributed by atoms with Gasteiger partial charge in [0.2, 0.25) is 0 Å². The maximum Gasteiger partial charge on any atom is 0.409 e. The first-order valence-electron chi connectivity index (χ1n) is 7.22. The Hall–Kier alpha value is -0.720. The zero-order chi connectivity index (χ0) is 15.6. The smallest absolute Gasteiger partial charge is 0.409 e. The average molecular weight is 319 g/mol. The van der Waals surface area contributed by atoms with Crippen LogP contribution in [-0.2, 0) is 23.1 Å². The Morgan fingerprint density at radius 1 is 1.33 bits per heavy atom. The highest BCUT2D eigenvalue weighted by Crippen LogP contribution is 2.63. The number of carbonyl (C=O) groups excluding carboxylic acids is 1. The summed E-state index contributed by atoms with van der Waals surface area (Å²) in [4.78, 5) is 11.8. The van der Waals surface area contributed by atoms with Gasteiger partial charge >= 0.3 is 13.7 Å². The standard InChI is InChI=1S/C13H22NO6P/c1-4-18-13(16)9-7-10-12(11(15)8-9)14(10)21(17,19-5-2)20-6-3/h7,10-12,15H,4-6,8H2,1-3H3. The molecule has 2 aliphatic rings. The first-order valence-corrected chi connectivity index (χ1v) is 8.71. The molecular weight excluding hydrogens is 297 g/mol. The Balaban J connectivity index is 2.17. The van der Waals surface area contributed by atoms with E-state index in [-0.39, 0.29) is 38.3 Å². The Kier molecular flexibility index (Phi) is 5.22. The fraction of sp³-hybridized carbons (Fsp3) is 0.769. The van der Waals surface area contributed by atoms with E-state index < -0.39 is 19.8 Å². The third-order valence-electron chi connectivity index (χ3n) is 3.47. The van der Waals surface area contributed by atoms with Gasteiger partial charge in [0.05, 0.1) is 38.0 Å². The predicted molar refractivity (Wildman–Crippen MR) is 75.6 cm³/mol. The second-order valence-electron chi connectivity index (χ2n) is 4.85. The van der Waals surface area contributed by atoms with Crippen LogP contribution in [-0.4, -0.2) is 53.8 Å². The lowest BCUT2D eigenvalue weighted by Gasteiger charge is -2.19. The van der Waals surface area contributed by atoms with E-state index >= 15 is 0 Å². The van der Waals surface area contributed by atoms with E-state index in [1.165, 1.54) is 4.67 Å². The van der Waals surface area contributed by atoms with Gasteiger partial charge in [-0.05, 0) is 20.8 Å². The van der Waals surface area contributed by atoms with E-state index in [2.05, 4.69) is 0 Å². The van der Waals surface area contributed by atoms with E-state index in [0.29, 0.717) is 5.57 Å². The molecule has 120 valence electrons. The van der Waals surface area contributed by atoms with Crippen LogP contribution in [0.4, 0.5) is 0 Å². The zero-order valence-electron chi connectivity index (χ0n) is 12.5. The summed E-state index contributed by atoms with van der Waals surface area (Å²) >= 11 is 0. The summed E-state index contributed by atoms with van der Waals surface area (Å²) in [5.74, 6) is -0.440. The third-order valence-corrected chi connectivity index (χ3v) is 5.74. The molecule has 4 unspecified atom stereocenters.